The lowest BCUT2D eigenvalue weighted by Gasteiger charge is -2.01. The maximum Gasteiger partial charge on any atom is 0.244 e. The molecule has 0 saturated carbocycles. The number of hydrogen-bond donors (Lipinski definition) is 1. The van der Waals surface area contributed by atoms with Crippen molar-refractivity contribution >= 4 is 29.1 Å². The van der Waals surface area contributed by atoms with E-state index in [-0.39, 0.29) is 10.4 Å². The minimum Gasteiger partial charge on any atom is -0.348 e. The smallest absolute Gasteiger partial charge is 0.244 e. The Hall–Kier alpha value is -1.26. The van der Waals surface area contributed by atoms with Gasteiger partial charge in [-0.3, -0.25) is 9.48 Å². The summed E-state index contributed by atoms with van der Waals surface area (Å²) in [5.74, 6) is -0.209. The van der Waals surface area contributed by atoms with Gasteiger partial charge < -0.3 is 5.32 Å². The number of allylic oxidation sites excluding steroid dienone is 2. The third-order valence-electron chi connectivity index (χ3n) is 2.26. The Morgan fingerprint density at radius 2 is 2.29 bits per heavy atom. The van der Waals surface area contributed by atoms with Gasteiger partial charge in [0.15, 0.2) is 0 Å². The number of hydrogen-bond acceptors (Lipinski definition) is 2. The van der Waals surface area contributed by atoms with Gasteiger partial charge in [-0.15, -0.1) is 0 Å². The van der Waals surface area contributed by atoms with Crippen LogP contribution < -0.4 is 5.32 Å². The fourth-order valence-corrected chi connectivity index (χ4v) is 1.31. The van der Waals surface area contributed by atoms with E-state index < -0.39 is 0 Å². The Morgan fingerprint density at radius 1 is 1.59 bits per heavy atom. The largest absolute Gasteiger partial charge is 0.348 e. The number of nitrogens with one attached hydrogen (secondary N) is 1. The minimum atomic E-state index is -0.209. The Kier molecular flexibility index (Phi) is 5.25. The highest BCUT2D eigenvalue weighted by Gasteiger charge is 2.03. The van der Waals surface area contributed by atoms with Crippen LogP contribution in [0.1, 0.15) is 11.3 Å². The first-order valence-electron chi connectivity index (χ1n) is 4.95. The predicted molar refractivity (Wildman–Crippen MR) is 68.7 cm³/mol. The topological polar surface area (TPSA) is 46.9 Å². The molecule has 17 heavy (non-hydrogen) atoms. The van der Waals surface area contributed by atoms with Crippen molar-refractivity contribution in [3.05, 3.63) is 40.2 Å². The number of carbonyl (C=O) groups is 1. The molecule has 92 valence electrons. The molecule has 1 amide bonds. The molecule has 1 N–H and O–H groups in total. The van der Waals surface area contributed by atoms with Crippen molar-refractivity contribution in [2.45, 2.75) is 13.5 Å². The average molecular weight is 274 g/mol. The summed E-state index contributed by atoms with van der Waals surface area (Å²) in [6.45, 7) is 2.39. The molecule has 0 saturated heterocycles. The molecule has 6 heteroatoms. The first-order chi connectivity index (χ1) is 8.00. The van der Waals surface area contributed by atoms with Crippen LogP contribution in [0, 0.1) is 6.92 Å². The van der Waals surface area contributed by atoms with Gasteiger partial charge in [0.1, 0.15) is 4.49 Å². The summed E-state index contributed by atoms with van der Waals surface area (Å²) in [5, 5.41) is 6.81. The highest BCUT2D eigenvalue weighted by molar-refractivity contribution is 6.56. The van der Waals surface area contributed by atoms with Crippen LogP contribution >= 0.6 is 23.2 Å². The van der Waals surface area contributed by atoms with E-state index in [1.165, 1.54) is 18.2 Å². The number of nitrogens with zero attached hydrogens (tertiary/aromatic N) is 2. The lowest BCUT2D eigenvalue weighted by atomic mass is 10.2. The van der Waals surface area contributed by atoms with Crippen LogP contribution in [0.4, 0.5) is 0 Å². The molecule has 0 aliphatic rings. The van der Waals surface area contributed by atoms with Crippen LogP contribution in [0.3, 0.4) is 0 Å². The Bertz CT molecular complexity index is 459. The van der Waals surface area contributed by atoms with E-state index in [9.17, 15) is 4.79 Å². The lowest BCUT2D eigenvalue weighted by molar-refractivity contribution is -0.116. The fourth-order valence-electron chi connectivity index (χ4n) is 1.17. The predicted octanol–water partition coefficient (Wildman–Crippen LogP) is 2.22. The Morgan fingerprint density at radius 3 is 2.82 bits per heavy atom. The molecule has 0 aromatic carbocycles. The van der Waals surface area contributed by atoms with Gasteiger partial charge in [0.05, 0.1) is 6.20 Å². The molecule has 0 unspecified atom stereocenters. The molecular weight excluding hydrogens is 261 g/mol. The lowest BCUT2D eigenvalue weighted by Crippen LogP contribution is -2.20. The maximum absolute atomic E-state index is 11.4. The summed E-state index contributed by atoms with van der Waals surface area (Å²) >= 11 is 10.8. The van der Waals surface area contributed by atoms with Crippen LogP contribution in [-0.2, 0) is 18.4 Å². The van der Waals surface area contributed by atoms with Crippen LogP contribution in [-0.4, -0.2) is 15.7 Å². The SMILES string of the molecule is Cc1c(CNC(=O)/C=C/C=C(Cl)Cl)cnn1C. The van der Waals surface area contributed by atoms with Crippen molar-refractivity contribution in [3.63, 3.8) is 0 Å². The molecule has 4 nitrogen and oxygen atoms in total. The summed E-state index contributed by atoms with van der Waals surface area (Å²) in [5.41, 5.74) is 2.01. The highest BCUT2D eigenvalue weighted by Crippen LogP contribution is 2.06. The minimum absolute atomic E-state index is 0.108. The molecule has 0 aliphatic heterocycles. The third kappa shape index (κ3) is 4.63. The second-order valence-corrected chi connectivity index (χ2v) is 4.42. The first kappa shape index (κ1) is 13.8. The standard InChI is InChI=1S/C11H13Cl2N3O/c1-8-9(7-15-16(8)2)6-14-11(17)5-3-4-10(12)13/h3-5,7H,6H2,1-2H3,(H,14,17)/b5-3+. The summed E-state index contributed by atoms with van der Waals surface area (Å²) < 4.78 is 1.87. The second kappa shape index (κ2) is 6.47. The van der Waals surface area contributed by atoms with E-state index in [2.05, 4.69) is 10.4 Å². The third-order valence-corrected chi connectivity index (χ3v) is 2.51. The zero-order chi connectivity index (χ0) is 12.8. The molecule has 1 rings (SSSR count). The fraction of sp³-hybridized carbons (Fsp3) is 0.273. The van der Waals surface area contributed by atoms with Gasteiger partial charge in [-0.1, -0.05) is 29.3 Å². The monoisotopic (exact) mass is 273 g/mol. The number of amides is 1. The van der Waals surface area contributed by atoms with Crippen molar-refractivity contribution in [1.29, 1.82) is 0 Å². The number of rotatable bonds is 4. The van der Waals surface area contributed by atoms with Gasteiger partial charge in [0, 0.05) is 30.9 Å². The van der Waals surface area contributed by atoms with Gasteiger partial charge in [-0.05, 0) is 13.0 Å². The van der Waals surface area contributed by atoms with Crippen LogP contribution in [0.2, 0.25) is 0 Å². The highest BCUT2D eigenvalue weighted by atomic mass is 35.5. The summed E-state index contributed by atoms with van der Waals surface area (Å²) in [6, 6.07) is 0. The van der Waals surface area contributed by atoms with Crippen LogP contribution in [0.25, 0.3) is 0 Å². The normalized spacial score (nSPS) is 10.6. The van der Waals surface area contributed by atoms with E-state index in [4.69, 9.17) is 23.2 Å². The van der Waals surface area contributed by atoms with Gasteiger partial charge in [0.25, 0.3) is 0 Å². The van der Waals surface area contributed by atoms with Crippen molar-refractivity contribution in [2.24, 2.45) is 7.05 Å². The maximum atomic E-state index is 11.4. The van der Waals surface area contributed by atoms with Crippen LogP contribution in [0.15, 0.2) is 28.9 Å². The van der Waals surface area contributed by atoms with Gasteiger partial charge >= 0.3 is 0 Å². The van der Waals surface area contributed by atoms with Crippen molar-refractivity contribution in [2.75, 3.05) is 0 Å². The average Bonchev–Trinajstić information content (AvgIpc) is 2.57. The number of halogens is 2. The molecule has 0 spiro atoms. The Labute approximate surface area is 110 Å². The molecular formula is C11H13Cl2N3O. The molecule has 0 atom stereocenters. The number of aryl methyl sites for hydroxylation is 1. The quantitative estimate of drug-likeness (QED) is 0.676. The zero-order valence-electron chi connectivity index (χ0n) is 9.58. The zero-order valence-corrected chi connectivity index (χ0v) is 11.1. The number of aromatic nitrogens is 2. The van der Waals surface area contributed by atoms with E-state index in [1.54, 1.807) is 10.9 Å². The molecule has 0 fully saturated rings. The molecule has 0 bridgehead atoms. The van der Waals surface area contributed by atoms with E-state index in [1.807, 2.05) is 14.0 Å². The van der Waals surface area contributed by atoms with Gasteiger partial charge in [-0.2, -0.15) is 5.10 Å². The Balaban J connectivity index is 2.46. The molecule has 1 aromatic rings. The molecule has 0 aliphatic carbocycles. The summed E-state index contributed by atoms with van der Waals surface area (Å²) in [4.78, 5) is 11.4. The molecule has 1 heterocycles. The van der Waals surface area contributed by atoms with E-state index >= 15 is 0 Å². The van der Waals surface area contributed by atoms with E-state index in [0.29, 0.717) is 6.54 Å². The summed E-state index contributed by atoms with van der Waals surface area (Å²) in [6.07, 6.45) is 6.00. The van der Waals surface area contributed by atoms with Crippen molar-refractivity contribution < 1.29 is 4.79 Å². The molecule has 0 radical (unpaired) electrons. The summed E-state index contributed by atoms with van der Waals surface area (Å²) in [7, 11) is 1.85. The second-order valence-electron chi connectivity index (χ2n) is 3.41. The molecule has 1 aromatic heterocycles. The van der Waals surface area contributed by atoms with Crippen molar-refractivity contribution in [1.82, 2.24) is 15.1 Å². The van der Waals surface area contributed by atoms with Gasteiger partial charge in [-0.25, -0.2) is 0 Å². The number of carbonyl (C=O) groups excluding carboxylic acids is 1. The van der Waals surface area contributed by atoms with Crippen molar-refractivity contribution in [3.8, 4) is 0 Å². The first-order valence-corrected chi connectivity index (χ1v) is 5.71. The van der Waals surface area contributed by atoms with E-state index in [0.717, 1.165) is 11.3 Å². The van der Waals surface area contributed by atoms with Crippen LogP contribution in [0.5, 0.6) is 0 Å². The van der Waals surface area contributed by atoms with Gasteiger partial charge in [0.2, 0.25) is 5.91 Å².